The van der Waals surface area contributed by atoms with Crippen LogP contribution in [0.15, 0.2) is 45.3 Å². The molecule has 0 saturated heterocycles. The van der Waals surface area contributed by atoms with Crippen molar-refractivity contribution in [1.29, 1.82) is 0 Å². The number of aromatic nitrogens is 1. The van der Waals surface area contributed by atoms with E-state index in [1.165, 1.54) is 9.75 Å². The second-order valence-electron chi connectivity index (χ2n) is 6.18. The summed E-state index contributed by atoms with van der Waals surface area (Å²) in [4.78, 5) is 11.4. The van der Waals surface area contributed by atoms with Crippen molar-refractivity contribution in [2.24, 2.45) is 4.99 Å². The zero-order valence-electron chi connectivity index (χ0n) is 16.2. The molecule has 3 heterocycles. The lowest BCUT2D eigenvalue weighted by Gasteiger charge is -2.11. The average Bonchev–Trinajstić information content (AvgIpc) is 3.45. The number of ether oxygens (including phenoxy) is 1. The first-order chi connectivity index (χ1) is 13.7. The van der Waals surface area contributed by atoms with Gasteiger partial charge in [0, 0.05) is 37.0 Å². The molecule has 8 heteroatoms. The van der Waals surface area contributed by atoms with Crippen LogP contribution in [0, 0.1) is 6.92 Å². The van der Waals surface area contributed by atoms with Gasteiger partial charge in [-0.05, 0) is 44.0 Å². The number of rotatable bonds is 10. The van der Waals surface area contributed by atoms with Crippen molar-refractivity contribution in [2.75, 3.05) is 26.7 Å². The van der Waals surface area contributed by atoms with Gasteiger partial charge in [-0.2, -0.15) is 0 Å². The van der Waals surface area contributed by atoms with Gasteiger partial charge in [0.25, 0.3) is 0 Å². The minimum absolute atomic E-state index is 0.517. The molecule has 3 aromatic rings. The van der Waals surface area contributed by atoms with Gasteiger partial charge in [-0.3, -0.25) is 4.99 Å². The van der Waals surface area contributed by atoms with Crippen molar-refractivity contribution in [3.05, 3.63) is 51.6 Å². The van der Waals surface area contributed by atoms with Gasteiger partial charge in [0.2, 0.25) is 0 Å². The van der Waals surface area contributed by atoms with Crippen LogP contribution in [-0.2, 0) is 17.8 Å². The maximum Gasteiger partial charge on any atom is 0.190 e. The third-order valence-electron chi connectivity index (χ3n) is 4.00. The second kappa shape index (κ2) is 11.0. The van der Waals surface area contributed by atoms with Crippen molar-refractivity contribution in [2.45, 2.75) is 26.4 Å². The van der Waals surface area contributed by atoms with Gasteiger partial charge in [0.05, 0.1) is 21.8 Å². The highest BCUT2D eigenvalue weighted by Crippen LogP contribution is 2.29. The topological polar surface area (TPSA) is 71.7 Å². The van der Waals surface area contributed by atoms with Crippen LogP contribution in [0.1, 0.15) is 22.1 Å². The maximum atomic E-state index is 5.58. The van der Waals surface area contributed by atoms with Crippen LogP contribution in [-0.4, -0.2) is 37.7 Å². The van der Waals surface area contributed by atoms with Crippen molar-refractivity contribution >= 4 is 28.6 Å². The molecule has 0 fully saturated rings. The molecule has 6 nitrogen and oxygen atoms in total. The summed E-state index contributed by atoms with van der Waals surface area (Å²) in [5, 5.41) is 9.90. The zero-order valence-corrected chi connectivity index (χ0v) is 17.9. The van der Waals surface area contributed by atoms with Gasteiger partial charge in [-0.15, -0.1) is 22.7 Å². The Hall–Kier alpha value is -2.16. The highest BCUT2D eigenvalue weighted by Gasteiger charge is 2.06. The van der Waals surface area contributed by atoms with Gasteiger partial charge in [-0.1, -0.05) is 0 Å². The summed E-state index contributed by atoms with van der Waals surface area (Å²) in [6, 6.07) is 8.12. The number of nitrogens with one attached hydrogen (secondary N) is 2. The fourth-order valence-corrected chi connectivity index (χ4v) is 4.26. The number of aryl methyl sites for hydroxylation is 1. The molecule has 0 aliphatic carbocycles. The van der Waals surface area contributed by atoms with E-state index in [0.29, 0.717) is 13.2 Å². The Labute approximate surface area is 173 Å². The predicted molar refractivity (Wildman–Crippen MR) is 116 cm³/mol. The van der Waals surface area contributed by atoms with E-state index in [9.17, 15) is 0 Å². The summed E-state index contributed by atoms with van der Waals surface area (Å²) in [5.74, 6) is 1.67. The molecule has 28 heavy (non-hydrogen) atoms. The summed E-state index contributed by atoms with van der Waals surface area (Å²) in [6.07, 6.45) is 3.52. The lowest BCUT2D eigenvalue weighted by molar-refractivity contribution is 0.105. The number of hydrogen-bond acceptors (Lipinski definition) is 6. The maximum absolute atomic E-state index is 5.58. The molecule has 0 radical (unpaired) electrons. The monoisotopic (exact) mass is 418 g/mol. The molecular formula is C20H26N4O2S2. The molecule has 0 aliphatic rings. The first-order valence-electron chi connectivity index (χ1n) is 9.30. The van der Waals surface area contributed by atoms with Crippen LogP contribution in [0.3, 0.4) is 0 Å². The van der Waals surface area contributed by atoms with E-state index in [4.69, 9.17) is 9.15 Å². The number of guanidine groups is 1. The standard InChI is InChI=1S/C20H26N4O2S2/c1-15-24-18(14-27-15)19-7-6-17(28-19)8-10-23-20(21-2)22-9-4-11-25-13-16-5-3-12-26-16/h3,5-7,12,14H,4,8-11,13H2,1-2H3,(H2,21,22,23). The first kappa shape index (κ1) is 20.6. The molecule has 0 aliphatic heterocycles. The SMILES string of the molecule is CN=C(NCCCOCc1ccco1)NCCc1ccc(-c2csc(C)n2)s1. The first-order valence-corrected chi connectivity index (χ1v) is 11.0. The normalized spacial score (nSPS) is 11.7. The Balaban J connectivity index is 1.29. The van der Waals surface area contributed by atoms with E-state index in [-0.39, 0.29) is 0 Å². The Morgan fingerprint density at radius 2 is 2.14 bits per heavy atom. The van der Waals surface area contributed by atoms with Gasteiger partial charge in [0.1, 0.15) is 12.4 Å². The Morgan fingerprint density at radius 1 is 1.25 bits per heavy atom. The lowest BCUT2D eigenvalue weighted by Crippen LogP contribution is -2.38. The molecule has 150 valence electrons. The number of hydrogen-bond donors (Lipinski definition) is 2. The molecule has 3 aromatic heterocycles. The zero-order chi connectivity index (χ0) is 19.6. The number of furan rings is 1. The van der Waals surface area contributed by atoms with E-state index in [0.717, 1.165) is 48.4 Å². The van der Waals surface area contributed by atoms with Crippen LogP contribution < -0.4 is 10.6 Å². The van der Waals surface area contributed by atoms with Crippen molar-refractivity contribution in [3.63, 3.8) is 0 Å². The van der Waals surface area contributed by atoms with Crippen molar-refractivity contribution < 1.29 is 9.15 Å². The van der Waals surface area contributed by atoms with Crippen molar-refractivity contribution in [3.8, 4) is 10.6 Å². The van der Waals surface area contributed by atoms with E-state index in [2.05, 4.69) is 38.1 Å². The van der Waals surface area contributed by atoms with E-state index >= 15 is 0 Å². The highest BCUT2D eigenvalue weighted by molar-refractivity contribution is 7.16. The number of thiophene rings is 1. The van der Waals surface area contributed by atoms with E-state index in [1.54, 1.807) is 36.0 Å². The Kier molecular flexibility index (Phi) is 8.07. The fourth-order valence-electron chi connectivity index (χ4n) is 2.60. The van der Waals surface area contributed by atoms with Gasteiger partial charge >= 0.3 is 0 Å². The third-order valence-corrected chi connectivity index (χ3v) is 5.94. The molecule has 0 amide bonds. The summed E-state index contributed by atoms with van der Waals surface area (Å²) in [6.45, 7) is 4.88. The average molecular weight is 419 g/mol. The number of thiazole rings is 1. The Bertz CT molecular complexity index is 855. The lowest BCUT2D eigenvalue weighted by atomic mass is 10.3. The molecule has 0 bridgehead atoms. The van der Waals surface area contributed by atoms with Crippen LogP contribution in [0.5, 0.6) is 0 Å². The van der Waals surface area contributed by atoms with Gasteiger partial charge < -0.3 is 19.8 Å². The fraction of sp³-hybridized carbons (Fsp3) is 0.400. The molecule has 0 spiro atoms. The molecular weight excluding hydrogens is 392 g/mol. The van der Waals surface area contributed by atoms with E-state index in [1.807, 2.05) is 19.1 Å². The van der Waals surface area contributed by atoms with E-state index < -0.39 is 0 Å². The molecule has 2 N–H and O–H groups in total. The molecule has 0 unspecified atom stereocenters. The summed E-state index contributed by atoms with van der Waals surface area (Å²) >= 11 is 3.49. The van der Waals surface area contributed by atoms with Crippen LogP contribution in [0.2, 0.25) is 0 Å². The minimum Gasteiger partial charge on any atom is -0.467 e. The summed E-state index contributed by atoms with van der Waals surface area (Å²) in [5.41, 5.74) is 1.08. The predicted octanol–water partition coefficient (Wildman–Crippen LogP) is 4.09. The smallest absolute Gasteiger partial charge is 0.190 e. The van der Waals surface area contributed by atoms with Crippen LogP contribution >= 0.6 is 22.7 Å². The van der Waals surface area contributed by atoms with Gasteiger partial charge in [0.15, 0.2) is 5.96 Å². The summed E-state index contributed by atoms with van der Waals surface area (Å²) in [7, 11) is 1.79. The molecule has 3 rings (SSSR count). The Morgan fingerprint density at radius 3 is 2.89 bits per heavy atom. The third kappa shape index (κ3) is 6.47. The number of nitrogens with zero attached hydrogens (tertiary/aromatic N) is 2. The largest absolute Gasteiger partial charge is 0.467 e. The minimum atomic E-state index is 0.517. The second-order valence-corrected chi connectivity index (χ2v) is 8.41. The quantitative estimate of drug-likeness (QED) is 0.295. The molecule has 0 saturated carbocycles. The molecule has 0 aromatic carbocycles. The van der Waals surface area contributed by atoms with Crippen LogP contribution in [0.4, 0.5) is 0 Å². The number of aliphatic imine (C=N–C) groups is 1. The van der Waals surface area contributed by atoms with Crippen LogP contribution in [0.25, 0.3) is 10.6 Å². The molecule has 0 atom stereocenters. The highest BCUT2D eigenvalue weighted by atomic mass is 32.1. The van der Waals surface area contributed by atoms with Crippen molar-refractivity contribution in [1.82, 2.24) is 15.6 Å². The van der Waals surface area contributed by atoms with Gasteiger partial charge in [-0.25, -0.2) is 4.98 Å². The summed E-state index contributed by atoms with van der Waals surface area (Å²) < 4.78 is 10.8.